The highest BCUT2D eigenvalue weighted by molar-refractivity contribution is 5.31. The molecule has 0 saturated heterocycles. The summed E-state index contributed by atoms with van der Waals surface area (Å²) in [5.74, 6) is 0. The molecular weight excluding hydrogens is 236 g/mol. The van der Waals surface area contributed by atoms with E-state index in [1.165, 1.54) is 0 Å². The fraction of sp³-hybridized carbons (Fsp3) is 0.562. The Morgan fingerprint density at radius 3 is 2.47 bits per heavy atom. The van der Waals surface area contributed by atoms with Crippen molar-refractivity contribution in [3.63, 3.8) is 0 Å². The third kappa shape index (κ3) is 4.66. The number of ether oxygens (including phenoxy) is 1. The van der Waals surface area contributed by atoms with Gasteiger partial charge in [-0.1, -0.05) is 37.3 Å². The largest absolute Gasteiger partial charge is 0.381 e. The fourth-order valence-electron chi connectivity index (χ4n) is 2.14. The second kappa shape index (κ2) is 7.93. The Morgan fingerprint density at radius 2 is 1.95 bits per heavy atom. The van der Waals surface area contributed by atoms with Crippen molar-refractivity contribution in [3.8, 4) is 6.07 Å². The third-order valence-corrected chi connectivity index (χ3v) is 2.96. The van der Waals surface area contributed by atoms with Crippen LogP contribution in [0, 0.1) is 11.3 Å². The summed E-state index contributed by atoms with van der Waals surface area (Å²) in [6.45, 7) is 7.54. The van der Waals surface area contributed by atoms with Gasteiger partial charge < -0.3 is 4.74 Å². The summed E-state index contributed by atoms with van der Waals surface area (Å²) >= 11 is 0. The van der Waals surface area contributed by atoms with E-state index in [0.717, 1.165) is 18.6 Å². The molecule has 1 unspecified atom stereocenters. The zero-order chi connectivity index (χ0) is 14.1. The molecule has 1 rings (SSSR count). The lowest BCUT2D eigenvalue weighted by Crippen LogP contribution is -2.45. The Morgan fingerprint density at radius 1 is 1.26 bits per heavy atom. The van der Waals surface area contributed by atoms with Gasteiger partial charge in [0.2, 0.25) is 0 Å². The maximum atomic E-state index is 9.67. The van der Waals surface area contributed by atoms with Gasteiger partial charge in [-0.05, 0) is 25.8 Å². The number of nitrogens with zero attached hydrogens (tertiary/aromatic N) is 1. The topological polar surface area (TPSA) is 45.0 Å². The van der Waals surface area contributed by atoms with Crippen molar-refractivity contribution < 1.29 is 4.74 Å². The molecule has 3 heteroatoms. The van der Waals surface area contributed by atoms with E-state index in [1.807, 2.05) is 30.3 Å². The van der Waals surface area contributed by atoms with Crippen LogP contribution in [0.3, 0.4) is 0 Å². The maximum Gasteiger partial charge on any atom is 0.134 e. The first-order chi connectivity index (χ1) is 9.14. The van der Waals surface area contributed by atoms with Gasteiger partial charge in [0.05, 0.1) is 6.07 Å². The number of hydrogen-bond acceptors (Lipinski definition) is 3. The third-order valence-electron chi connectivity index (χ3n) is 2.96. The molecule has 1 aromatic carbocycles. The normalized spacial score (nSPS) is 14.1. The van der Waals surface area contributed by atoms with Crippen LogP contribution >= 0.6 is 0 Å². The van der Waals surface area contributed by atoms with E-state index in [9.17, 15) is 5.26 Å². The molecule has 104 valence electrons. The Labute approximate surface area is 116 Å². The maximum absolute atomic E-state index is 9.67. The van der Waals surface area contributed by atoms with Gasteiger partial charge in [0.25, 0.3) is 0 Å². The number of rotatable bonds is 8. The average Bonchev–Trinajstić information content (AvgIpc) is 2.43. The molecule has 0 fully saturated rings. The van der Waals surface area contributed by atoms with E-state index >= 15 is 0 Å². The van der Waals surface area contributed by atoms with Gasteiger partial charge in [-0.3, -0.25) is 5.32 Å². The molecule has 0 aliphatic carbocycles. The number of nitriles is 1. The Bertz CT molecular complexity index is 397. The fourth-order valence-corrected chi connectivity index (χ4v) is 2.14. The molecule has 1 aromatic rings. The lowest BCUT2D eigenvalue weighted by molar-refractivity contribution is 0.114. The minimum absolute atomic E-state index is 0.242. The molecule has 0 spiro atoms. The predicted octanol–water partition coefficient (Wildman–Crippen LogP) is 3.22. The lowest BCUT2D eigenvalue weighted by atomic mass is 9.87. The smallest absolute Gasteiger partial charge is 0.134 e. The summed E-state index contributed by atoms with van der Waals surface area (Å²) in [5.41, 5.74) is 0.342. The molecule has 1 N–H and O–H groups in total. The minimum atomic E-state index is -0.664. The monoisotopic (exact) mass is 260 g/mol. The van der Waals surface area contributed by atoms with E-state index in [0.29, 0.717) is 13.0 Å². The van der Waals surface area contributed by atoms with Crippen molar-refractivity contribution in [1.29, 1.82) is 5.26 Å². The van der Waals surface area contributed by atoms with Gasteiger partial charge >= 0.3 is 0 Å². The zero-order valence-electron chi connectivity index (χ0n) is 12.1. The number of benzene rings is 1. The van der Waals surface area contributed by atoms with Crippen molar-refractivity contribution >= 4 is 0 Å². The Hall–Kier alpha value is -1.37. The van der Waals surface area contributed by atoms with Crippen LogP contribution in [0.15, 0.2) is 30.3 Å². The van der Waals surface area contributed by atoms with Crippen LogP contribution in [-0.4, -0.2) is 19.3 Å². The van der Waals surface area contributed by atoms with Gasteiger partial charge in [-0.15, -0.1) is 0 Å². The van der Waals surface area contributed by atoms with Crippen LogP contribution in [0.1, 0.15) is 39.2 Å². The van der Waals surface area contributed by atoms with Gasteiger partial charge in [-0.25, -0.2) is 0 Å². The van der Waals surface area contributed by atoms with E-state index in [2.05, 4.69) is 32.2 Å². The highest BCUT2D eigenvalue weighted by Crippen LogP contribution is 2.25. The van der Waals surface area contributed by atoms with E-state index in [4.69, 9.17) is 4.74 Å². The van der Waals surface area contributed by atoms with E-state index < -0.39 is 5.54 Å². The van der Waals surface area contributed by atoms with Gasteiger partial charge in [0.1, 0.15) is 5.54 Å². The molecule has 0 heterocycles. The molecule has 19 heavy (non-hydrogen) atoms. The molecular formula is C16H24N2O. The minimum Gasteiger partial charge on any atom is -0.381 e. The first-order valence-electron chi connectivity index (χ1n) is 6.97. The highest BCUT2D eigenvalue weighted by atomic mass is 16.5. The van der Waals surface area contributed by atoms with Crippen LogP contribution in [0.5, 0.6) is 0 Å². The van der Waals surface area contributed by atoms with E-state index in [1.54, 1.807) is 0 Å². The van der Waals surface area contributed by atoms with Crippen LogP contribution in [0.2, 0.25) is 0 Å². The summed E-state index contributed by atoms with van der Waals surface area (Å²) < 4.78 is 5.55. The summed E-state index contributed by atoms with van der Waals surface area (Å²) in [4.78, 5) is 0. The van der Waals surface area contributed by atoms with Crippen molar-refractivity contribution in [2.45, 2.75) is 45.2 Å². The van der Waals surface area contributed by atoms with E-state index in [-0.39, 0.29) is 6.04 Å². The number of nitrogens with one attached hydrogen (secondary N) is 1. The SMILES string of the molecule is CCCOCCC(C#N)(NC(C)C)c1ccccc1. The zero-order valence-corrected chi connectivity index (χ0v) is 12.1. The van der Waals surface area contributed by atoms with Crippen molar-refractivity contribution in [2.24, 2.45) is 0 Å². The first kappa shape index (κ1) is 15.7. The predicted molar refractivity (Wildman–Crippen MR) is 77.7 cm³/mol. The molecule has 1 atom stereocenters. The van der Waals surface area contributed by atoms with Gasteiger partial charge in [0.15, 0.2) is 0 Å². The Balaban J connectivity index is 2.86. The lowest BCUT2D eigenvalue weighted by Gasteiger charge is -2.30. The van der Waals surface area contributed by atoms with Crippen molar-refractivity contribution in [1.82, 2.24) is 5.32 Å². The van der Waals surface area contributed by atoms with Crippen molar-refractivity contribution in [2.75, 3.05) is 13.2 Å². The summed E-state index contributed by atoms with van der Waals surface area (Å²) in [6.07, 6.45) is 1.66. The highest BCUT2D eigenvalue weighted by Gasteiger charge is 2.32. The number of hydrogen-bond donors (Lipinski definition) is 1. The molecule has 0 saturated carbocycles. The van der Waals surface area contributed by atoms with Crippen LogP contribution in [-0.2, 0) is 10.3 Å². The molecule has 0 radical (unpaired) electrons. The second-order valence-corrected chi connectivity index (χ2v) is 5.04. The molecule has 0 amide bonds. The first-order valence-corrected chi connectivity index (χ1v) is 6.97. The summed E-state index contributed by atoms with van der Waals surface area (Å²) in [5, 5.41) is 13.1. The van der Waals surface area contributed by atoms with Crippen LogP contribution in [0.4, 0.5) is 0 Å². The van der Waals surface area contributed by atoms with Gasteiger partial charge in [0, 0.05) is 25.7 Å². The van der Waals surface area contributed by atoms with Gasteiger partial charge in [-0.2, -0.15) is 5.26 Å². The summed E-state index contributed by atoms with van der Waals surface area (Å²) in [6, 6.07) is 12.6. The average molecular weight is 260 g/mol. The molecule has 3 nitrogen and oxygen atoms in total. The Kier molecular flexibility index (Phi) is 6.55. The van der Waals surface area contributed by atoms with Crippen LogP contribution in [0.25, 0.3) is 0 Å². The second-order valence-electron chi connectivity index (χ2n) is 5.04. The molecule has 0 bridgehead atoms. The molecule has 0 aliphatic rings. The van der Waals surface area contributed by atoms with Crippen molar-refractivity contribution in [3.05, 3.63) is 35.9 Å². The standard InChI is InChI=1S/C16H24N2O/c1-4-11-19-12-10-16(13-17,18-14(2)3)15-8-6-5-7-9-15/h5-9,14,18H,4,10-12H2,1-3H3. The quantitative estimate of drug-likeness (QED) is 0.730. The summed E-state index contributed by atoms with van der Waals surface area (Å²) in [7, 11) is 0. The van der Waals surface area contributed by atoms with Crippen LogP contribution < -0.4 is 5.32 Å². The molecule has 0 aliphatic heterocycles. The molecule has 0 aromatic heterocycles.